The van der Waals surface area contributed by atoms with Gasteiger partial charge in [0, 0.05) is 31.3 Å². The van der Waals surface area contributed by atoms with Crippen LogP contribution in [0.5, 0.6) is 17.2 Å². The molecule has 8 heteroatoms. The Hall–Kier alpha value is -3.29. The van der Waals surface area contributed by atoms with Crippen molar-refractivity contribution in [3.63, 3.8) is 0 Å². The zero-order valence-corrected chi connectivity index (χ0v) is 15.5. The molecule has 142 valence electrons. The molecule has 0 aliphatic carbocycles. The van der Waals surface area contributed by atoms with Crippen LogP contribution >= 0.6 is 0 Å². The fraction of sp³-hybridized carbons (Fsp3) is 0.316. The van der Waals surface area contributed by atoms with E-state index in [-0.39, 0.29) is 5.69 Å². The van der Waals surface area contributed by atoms with Gasteiger partial charge in [0.15, 0.2) is 0 Å². The van der Waals surface area contributed by atoms with Gasteiger partial charge < -0.3 is 19.1 Å². The van der Waals surface area contributed by atoms with Gasteiger partial charge in [0.1, 0.15) is 29.3 Å². The molecule has 0 saturated heterocycles. The molecule has 2 aromatic rings. The number of hydrogen-bond donors (Lipinski definition) is 0. The number of ether oxygens (including phenoxy) is 3. The number of benzene rings is 1. The predicted molar refractivity (Wildman–Crippen MR) is 102 cm³/mol. The second-order valence-electron chi connectivity index (χ2n) is 5.96. The summed E-state index contributed by atoms with van der Waals surface area (Å²) in [6, 6.07) is 6.81. The summed E-state index contributed by atoms with van der Waals surface area (Å²) in [4.78, 5) is 16.6. The molecule has 27 heavy (non-hydrogen) atoms. The molecule has 0 amide bonds. The average molecular weight is 371 g/mol. The number of methoxy groups -OCH3 is 3. The van der Waals surface area contributed by atoms with Crippen LogP contribution in [-0.2, 0) is 0 Å². The van der Waals surface area contributed by atoms with Crippen LogP contribution in [0.25, 0.3) is 5.57 Å². The summed E-state index contributed by atoms with van der Waals surface area (Å²) in [5, 5.41) is 10.8. The third-order valence-electron chi connectivity index (χ3n) is 4.51. The van der Waals surface area contributed by atoms with Crippen LogP contribution in [-0.4, -0.2) is 44.3 Å². The van der Waals surface area contributed by atoms with E-state index in [1.54, 1.807) is 27.4 Å². The first kappa shape index (κ1) is 18.5. The SMILES string of the molecule is COc1cc(OC)c(C2=CCN(c3ccc([N+](=O)[O-])cn3)CC2)c(OC)c1. The van der Waals surface area contributed by atoms with Gasteiger partial charge in [-0.2, -0.15) is 0 Å². The monoisotopic (exact) mass is 371 g/mol. The molecule has 1 aliphatic heterocycles. The fourth-order valence-corrected chi connectivity index (χ4v) is 3.10. The first-order valence-electron chi connectivity index (χ1n) is 8.42. The molecule has 1 aromatic heterocycles. The van der Waals surface area contributed by atoms with Crippen molar-refractivity contribution in [1.29, 1.82) is 0 Å². The van der Waals surface area contributed by atoms with Gasteiger partial charge in [0.05, 0.1) is 31.8 Å². The van der Waals surface area contributed by atoms with Crippen LogP contribution < -0.4 is 19.1 Å². The van der Waals surface area contributed by atoms with Crippen molar-refractivity contribution in [2.24, 2.45) is 0 Å². The van der Waals surface area contributed by atoms with Crippen molar-refractivity contribution in [3.8, 4) is 17.2 Å². The van der Waals surface area contributed by atoms with E-state index in [1.807, 2.05) is 12.1 Å². The lowest BCUT2D eigenvalue weighted by Gasteiger charge is -2.28. The van der Waals surface area contributed by atoms with Crippen LogP contribution in [0.15, 0.2) is 36.5 Å². The lowest BCUT2D eigenvalue weighted by molar-refractivity contribution is -0.385. The second-order valence-corrected chi connectivity index (χ2v) is 5.96. The third-order valence-corrected chi connectivity index (χ3v) is 4.51. The molecule has 8 nitrogen and oxygen atoms in total. The number of pyridine rings is 1. The molecular weight excluding hydrogens is 350 g/mol. The van der Waals surface area contributed by atoms with E-state index in [1.165, 1.54) is 12.3 Å². The van der Waals surface area contributed by atoms with Crippen LogP contribution in [0.3, 0.4) is 0 Å². The Labute approximate surface area is 157 Å². The quantitative estimate of drug-likeness (QED) is 0.569. The van der Waals surface area contributed by atoms with Gasteiger partial charge in [-0.1, -0.05) is 6.08 Å². The van der Waals surface area contributed by atoms with E-state index < -0.39 is 4.92 Å². The summed E-state index contributed by atoms with van der Waals surface area (Å²) in [6.07, 6.45) is 4.14. The Bertz CT molecular complexity index is 839. The second kappa shape index (κ2) is 7.94. The summed E-state index contributed by atoms with van der Waals surface area (Å²) in [6.45, 7) is 1.37. The maximum absolute atomic E-state index is 10.8. The number of nitro groups is 1. The first-order chi connectivity index (χ1) is 13.1. The summed E-state index contributed by atoms with van der Waals surface area (Å²) in [5.74, 6) is 2.77. The maximum Gasteiger partial charge on any atom is 0.287 e. The van der Waals surface area contributed by atoms with Gasteiger partial charge in [-0.15, -0.1) is 0 Å². The molecule has 1 aromatic carbocycles. The van der Waals surface area contributed by atoms with Crippen molar-refractivity contribution in [3.05, 3.63) is 52.2 Å². The Kier molecular flexibility index (Phi) is 5.44. The highest BCUT2D eigenvalue weighted by molar-refractivity contribution is 5.78. The molecule has 0 fully saturated rings. The van der Waals surface area contributed by atoms with Gasteiger partial charge in [-0.25, -0.2) is 4.98 Å². The molecule has 0 bridgehead atoms. The highest BCUT2D eigenvalue weighted by Crippen LogP contribution is 2.41. The molecule has 0 N–H and O–H groups in total. The highest BCUT2D eigenvalue weighted by atomic mass is 16.6. The van der Waals surface area contributed by atoms with E-state index in [2.05, 4.69) is 16.0 Å². The van der Waals surface area contributed by atoms with Crippen molar-refractivity contribution >= 4 is 17.1 Å². The summed E-state index contributed by atoms with van der Waals surface area (Å²) in [5.41, 5.74) is 2.02. The number of hydrogen-bond acceptors (Lipinski definition) is 7. The molecule has 0 saturated carbocycles. The topological polar surface area (TPSA) is 87.0 Å². The summed E-state index contributed by atoms with van der Waals surface area (Å²) >= 11 is 0. The molecule has 0 atom stereocenters. The van der Waals surface area contributed by atoms with E-state index in [0.717, 1.165) is 24.1 Å². The Morgan fingerprint density at radius 3 is 2.26 bits per heavy atom. The fourth-order valence-electron chi connectivity index (χ4n) is 3.10. The average Bonchev–Trinajstić information content (AvgIpc) is 2.72. The molecule has 0 radical (unpaired) electrons. The smallest absolute Gasteiger partial charge is 0.287 e. The molecular formula is C19H21N3O5. The Morgan fingerprint density at radius 2 is 1.81 bits per heavy atom. The van der Waals surface area contributed by atoms with E-state index in [0.29, 0.717) is 29.6 Å². The number of anilines is 1. The van der Waals surface area contributed by atoms with Crippen LogP contribution in [0, 0.1) is 10.1 Å². The van der Waals surface area contributed by atoms with Crippen molar-refractivity contribution in [1.82, 2.24) is 4.98 Å². The minimum atomic E-state index is -0.451. The van der Waals surface area contributed by atoms with Crippen molar-refractivity contribution < 1.29 is 19.1 Å². The molecule has 3 rings (SSSR count). The number of rotatable bonds is 6. The largest absolute Gasteiger partial charge is 0.496 e. The van der Waals surface area contributed by atoms with Gasteiger partial charge in [-0.05, 0) is 18.1 Å². The highest BCUT2D eigenvalue weighted by Gasteiger charge is 2.21. The Morgan fingerprint density at radius 1 is 1.11 bits per heavy atom. The minimum Gasteiger partial charge on any atom is -0.496 e. The minimum absolute atomic E-state index is 0.0142. The van der Waals surface area contributed by atoms with Gasteiger partial charge >= 0.3 is 0 Å². The summed E-state index contributed by atoms with van der Waals surface area (Å²) < 4.78 is 16.4. The Balaban J connectivity index is 1.86. The van der Waals surface area contributed by atoms with Crippen molar-refractivity contribution in [2.45, 2.75) is 6.42 Å². The standard InChI is InChI=1S/C19H21N3O5/c1-25-15-10-16(26-2)19(17(11-15)27-3)13-6-8-21(9-7-13)18-5-4-14(12-20-18)22(23)24/h4-6,10-12H,7-9H2,1-3H3. The van der Waals surface area contributed by atoms with E-state index in [4.69, 9.17) is 14.2 Å². The van der Waals surface area contributed by atoms with Gasteiger partial charge in [0.2, 0.25) is 0 Å². The molecule has 1 aliphatic rings. The van der Waals surface area contributed by atoms with Gasteiger partial charge in [0.25, 0.3) is 5.69 Å². The third kappa shape index (κ3) is 3.79. The maximum atomic E-state index is 10.8. The molecule has 2 heterocycles. The summed E-state index contributed by atoms with van der Waals surface area (Å²) in [7, 11) is 4.84. The lowest BCUT2D eigenvalue weighted by Crippen LogP contribution is -2.29. The zero-order valence-electron chi connectivity index (χ0n) is 15.5. The number of aromatic nitrogens is 1. The molecule has 0 unspecified atom stereocenters. The van der Waals surface area contributed by atoms with Crippen LogP contribution in [0.4, 0.5) is 11.5 Å². The zero-order chi connectivity index (χ0) is 19.4. The van der Waals surface area contributed by atoms with E-state index >= 15 is 0 Å². The predicted octanol–water partition coefficient (Wildman–Crippen LogP) is 3.31. The number of nitrogens with zero attached hydrogens (tertiary/aromatic N) is 3. The van der Waals surface area contributed by atoms with Crippen LogP contribution in [0.1, 0.15) is 12.0 Å². The van der Waals surface area contributed by atoms with Crippen molar-refractivity contribution in [2.75, 3.05) is 39.3 Å². The van der Waals surface area contributed by atoms with Crippen LogP contribution in [0.2, 0.25) is 0 Å². The van der Waals surface area contributed by atoms with Gasteiger partial charge in [-0.3, -0.25) is 10.1 Å². The molecule has 0 spiro atoms. The van der Waals surface area contributed by atoms with E-state index in [9.17, 15) is 10.1 Å². The lowest BCUT2D eigenvalue weighted by atomic mass is 9.97. The normalized spacial score (nSPS) is 13.7. The first-order valence-corrected chi connectivity index (χ1v) is 8.42.